The third-order valence-corrected chi connectivity index (χ3v) is 2.30. The Bertz CT molecular complexity index is 413. The van der Waals surface area contributed by atoms with Crippen LogP contribution in [0.5, 0.6) is 0 Å². The van der Waals surface area contributed by atoms with Crippen LogP contribution in [-0.4, -0.2) is 35.5 Å². The molecule has 1 aromatic heterocycles. The number of carbonyl (C=O) groups is 1. The third kappa shape index (κ3) is 5.50. The topological polar surface area (TPSA) is 78.9 Å². The van der Waals surface area contributed by atoms with Crippen LogP contribution in [0, 0.1) is 5.82 Å². The number of halogens is 1. The monoisotopic (exact) mass is 269 g/mol. The predicted molar refractivity (Wildman–Crippen MR) is 72.6 cm³/mol. The van der Waals surface area contributed by atoms with Crippen molar-refractivity contribution in [1.82, 2.24) is 15.3 Å². The van der Waals surface area contributed by atoms with Crippen molar-refractivity contribution in [3.05, 3.63) is 12.0 Å². The molecule has 1 heterocycles. The van der Waals surface area contributed by atoms with E-state index < -0.39 is 5.82 Å². The van der Waals surface area contributed by atoms with Crippen LogP contribution in [0.2, 0.25) is 0 Å². The summed E-state index contributed by atoms with van der Waals surface area (Å²) in [5.41, 5.74) is 0. The van der Waals surface area contributed by atoms with E-state index in [4.69, 9.17) is 0 Å². The zero-order valence-corrected chi connectivity index (χ0v) is 11.3. The minimum absolute atomic E-state index is 0.0752. The predicted octanol–water partition coefficient (Wildman–Crippen LogP) is 1.38. The molecule has 0 aromatic carbocycles. The van der Waals surface area contributed by atoms with Crippen LogP contribution in [-0.2, 0) is 4.79 Å². The van der Waals surface area contributed by atoms with Gasteiger partial charge in [-0.15, -0.1) is 0 Å². The van der Waals surface area contributed by atoms with Gasteiger partial charge < -0.3 is 16.0 Å². The zero-order chi connectivity index (χ0) is 14.1. The Labute approximate surface area is 112 Å². The summed E-state index contributed by atoms with van der Waals surface area (Å²) in [5.74, 6) is -0.117. The Balaban J connectivity index is 2.49. The van der Waals surface area contributed by atoms with E-state index in [2.05, 4.69) is 25.9 Å². The van der Waals surface area contributed by atoms with Crippen molar-refractivity contribution < 1.29 is 9.18 Å². The minimum Gasteiger partial charge on any atom is -0.367 e. The van der Waals surface area contributed by atoms with Crippen LogP contribution >= 0.6 is 0 Å². The fourth-order valence-corrected chi connectivity index (χ4v) is 1.39. The first-order valence-corrected chi connectivity index (χ1v) is 6.44. The SMILES string of the molecule is CCCNc1ncc(F)c(NCCC(=O)NCC)n1. The molecule has 1 amide bonds. The van der Waals surface area contributed by atoms with Crippen molar-refractivity contribution >= 4 is 17.7 Å². The van der Waals surface area contributed by atoms with Crippen LogP contribution in [0.15, 0.2) is 6.20 Å². The number of aromatic nitrogens is 2. The van der Waals surface area contributed by atoms with Gasteiger partial charge in [-0.05, 0) is 13.3 Å². The van der Waals surface area contributed by atoms with Crippen molar-refractivity contribution in [2.75, 3.05) is 30.3 Å². The van der Waals surface area contributed by atoms with E-state index >= 15 is 0 Å². The second kappa shape index (κ2) is 8.23. The minimum atomic E-state index is -0.530. The maximum atomic E-state index is 13.4. The molecule has 0 atom stereocenters. The van der Waals surface area contributed by atoms with Gasteiger partial charge >= 0.3 is 0 Å². The van der Waals surface area contributed by atoms with E-state index in [1.807, 2.05) is 13.8 Å². The molecular formula is C12H20FN5O. The summed E-state index contributed by atoms with van der Waals surface area (Å²) < 4.78 is 13.4. The van der Waals surface area contributed by atoms with Gasteiger partial charge in [0.1, 0.15) is 0 Å². The number of amides is 1. The Morgan fingerprint density at radius 1 is 1.32 bits per heavy atom. The average Bonchev–Trinajstić information content (AvgIpc) is 2.39. The van der Waals surface area contributed by atoms with Gasteiger partial charge in [-0.2, -0.15) is 4.98 Å². The van der Waals surface area contributed by atoms with E-state index in [1.165, 1.54) is 0 Å². The number of hydrogen-bond acceptors (Lipinski definition) is 5. The molecule has 0 aliphatic rings. The van der Waals surface area contributed by atoms with E-state index in [0.29, 0.717) is 19.0 Å². The zero-order valence-electron chi connectivity index (χ0n) is 11.3. The van der Waals surface area contributed by atoms with Crippen molar-refractivity contribution in [1.29, 1.82) is 0 Å². The summed E-state index contributed by atoms with van der Waals surface area (Å²) in [6.45, 7) is 5.51. The van der Waals surface area contributed by atoms with Gasteiger partial charge in [0.25, 0.3) is 0 Å². The summed E-state index contributed by atoms with van der Waals surface area (Å²) in [6, 6.07) is 0. The number of rotatable bonds is 8. The highest BCUT2D eigenvalue weighted by Gasteiger charge is 2.07. The molecule has 1 aromatic rings. The van der Waals surface area contributed by atoms with Crippen LogP contribution in [0.4, 0.5) is 16.2 Å². The summed E-state index contributed by atoms with van der Waals surface area (Å²) in [4.78, 5) is 19.1. The Morgan fingerprint density at radius 3 is 2.79 bits per heavy atom. The first-order chi connectivity index (χ1) is 9.17. The molecular weight excluding hydrogens is 249 g/mol. The second-order valence-corrected chi connectivity index (χ2v) is 3.95. The summed E-state index contributed by atoms with van der Waals surface area (Å²) in [7, 11) is 0. The van der Waals surface area contributed by atoms with Gasteiger partial charge in [0.15, 0.2) is 11.6 Å². The molecule has 0 fully saturated rings. The molecule has 106 valence electrons. The lowest BCUT2D eigenvalue weighted by molar-refractivity contribution is -0.120. The molecule has 0 aliphatic carbocycles. The van der Waals surface area contributed by atoms with Crippen LogP contribution in [0.3, 0.4) is 0 Å². The molecule has 1 rings (SSSR count). The highest BCUT2D eigenvalue weighted by Crippen LogP contribution is 2.11. The smallest absolute Gasteiger partial charge is 0.224 e. The van der Waals surface area contributed by atoms with Gasteiger partial charge in [-0.1, -0.05) is 6.92 Å². The molecule has 6 nitrogen and oxygen atoms in total. The van der Waals surface area contributed by atoms with E-state index in [0.717, 1.165) is 19.2 Å². The van der Waals surface area contributed by atoms with E-state index in [-0.39, 0.29) is 18.1 Å². The van der Waals surface area contributed by atoms with Gasteiger partial charge in [0.2, 0.25) is 11.9 Å². The fraction of sp³-hybridized carbons (Fsp3) is 0.583. The molecule has 0 unspecified atom stereocenters. The highest BCUT2D eigenvalue weighted by molar-refractivity contribution is 5.76. The quantitative estimate of drug-likeness (QED) is 0.664. The van der Waals surface area contributed by atoms with Gasteiger partial charge in [0.05, 0.1) is 6.20 Å². The number of carbonyl (C=O) groups excluding carboxylic acids is 1. The summed E-state index contributed by atoms with van der Waals surface area (Å²) in [6.07, 6.45) is 2.31. The van der Waals surface area contributed by atoms with Crippen molar-refractivity contribution in [3.8, 4) is 0 Å². The van der Waals surface area contributed by atoms with Crippen LogP contribution < -0.4 is 16.0 Å². The van der Waals surface area contributed by atoms with Crippen molar-refractivity contribution in [3.63, 3.8) is 0 Å². The van der Waals surface area contributed by atoms with E-state index in [9.17, 15) is 9.18 Å². The highest BCUT2D eigenvalue weighted by atomic mass is 19.1. The molecule has 0 aliphatic heterocycles. The maximum absolute atomic E-state index is 13.4. The lowest BCUT2D eigenvalue weighted by Crippen LogP contribution is -2.25. The molecule has 0 spiro atoms. The van der Waals surface area contributed by atoms with Crippen LogP contribution in [0.1, 0.15) is 26.7 Å². The number of nitrogens with zero attached hydrogens (tertiary/aromatic N) is 2. The second-order valence-electron chi connectivity index (χ2n) is 3.95. The number of nitrogens with one attached hydrogen (secondary N) is 3. The standard InChI is InChI=1S/C12H20FN5O/c1-3-6-16-12-17-8-9(13)11(18-12)15-7-5-10(19)14-4-2/h8H,3-7H2,1-2H3,(H,14,19)(H2,15,16,17,18). The molecule has 0 bridgehead atoms. The lowest BCUT2D eigenvalue weighted by Gasteiger charge is -2.08. The summed E-state index contributed by atoms with van der Waals surface area (Å²) in [5, 5.41) is 8.43. The fourth-order valence-electron chi connectivity index (χ4n) is 1.39. The summed E-state index contributed by atoms with van der Waals surface area (Å²) >= 11 is 0. The average molecular weight is 269 g/mol. The molecule has 0 radical (unpaired) electrons. The number of anilines is 2. The largest absolute Gasteiger partial charge is 0.367 e. The Morgan fingerprint density at radius 2 is 2.11 bits per heavy atom. The molecule has 0 saturated carbocycles. The Kier molecular flexibility index (Phi) is 6.56. The first kappa shape index (κ1) is 15.1. The van der Waals surface area contributed by atoms with Crippen molar-refractivity contribution in [2.45, 2.75) is 26.7 Å². The van der Waals surface area contributed by atoms with Gasteiger partial charge in [-0.25, -0.2) is 9.37 Å². The van der Waals surface area contributed by atoms with E-state index in [1.54, 1.807) is 0 Å². The molecule has 0 saturated heterocycles. The maximum Gasteiger partial charge on any atom is 0.224 e. The number of hydrogen-bond donors (Lipinski definition) is 3. The third-order valence-electron chi connectivity index (χ3n) is 2.30. The molecule has 7 heteroatoms. The van der Waals surface area contributed by atoms with Crippen LogP contribution in [0.25, 0.3) is 0 Å². The Hall–Kier alpha value is -1.92. The van der Waals surface area contributed by atoms with Gasteiger partial charge in [0, 0.05) is 26.1 Å². The first-order valence-electron chi connectivity index (χ1n) is 6.44. The molecule has 3 N–H and O–H groups in total. The molecule has 19 heavy (non-hydrogen) atoms. The normalized spacial score (nSPS) is 10.1. The lowest BCUT2D eigenvalue weighted by atomic mass is 10.4. The van der Waals surface area contributed by atoms with Crippen molar-refractivity contribution in [2.24, 2.45) is 0 Å². The van der Waals surface area contributed by atoms with Gasteiger partial charge in [-0.3, -0.25) is 4.79 Å².